The Bertz CT molecular complexity index is 1160. The first-order valence-corrected chi connectivity index (χ1v) is 10.6. The summed E-state index contributed by atoms with van der Waals surface area (Å²) < 4.78 is 1.98. The third-order valence-corrected chi connectivity index (χ3v) is 5.81. The minimum absolute atomic E-state index is 0.0525. The second-order valence-electron chi connectivity index (χ2n) is 7.94. The van der Waals surface area contributed by atoms with Crippen molar-refractivity contribution < 1.29 is 4.79 Å². The number of nitrogens with one attached hydrogen (secondary N) is 1. The molecule has 1 aliphatic rings. The number of fused-ring (bicyclic) bond motifs is 2. The molecule has 0 aliphatic heterocycles. The average Bonchev–Trinajstić information content (AvgIpc) is 3.26. The number of amides is 1. The summed E-state index contributed by atoms with van der Waals surface area (Å²) >= 11 is 0. The summed E-state index contributed by atoms with van der Waals surface area (Å²) in [6.45, 7) is 0.417. The predicted octanol–water partition coefficient (Wildman–Crippen LogP) is 4.29. The van der Waals surface area contributed by atoms with Crippen molar-refractivity contribution in [2.45, 2.75) is 38.6 Å². The van der Waals surface area contributed by atoms with Gasteiger partial charge >= 0.3 is 0 Å². The molecule has 1 amide bonds. The summed E-state index contributed by atoms with van der Waals surface area (Å²) in [6, 6.07) is 18.0. The molecule has 0 fully saturated rings. The molecule has 0 saturated carbocycles. The van der Waals surface area contributed by atoms with E-state index in [0.717, 1.165) is 53.8 Å². The molecule has 0 radical (unpaired) electrons. The van der Waals surface area contributed by atoms with Gasteiger partial charge in [0, 0.05) is 18.3 Å². The summed E-state index contributed by atoms with van der Waals surface area (Å²) in [5.74, 6) is 0.726. The van der Waals surface area contributed by atoms with Crippen molar-refractivity contribution >= 4 is 16.9 Å². The van der Waals surface area contributed by atoms with Crippen LogP contribution in [-0.2, 0) is 19.4 Å². The molecule has 0 unspecified atom stereocenters. The Morgan fingerprint density at radius 2 is 1.80 bits per heavy atom. The number of rotatable bonds is 4. The summed E-state index contributed by atoms with van der Waals surface area (Å²) in [5, 5.41) is 4.80. The SMILES string of the molecule is CN(Cc1nc2ccccc2[nH]1)C(=O)c1nn(-c2ccccc2)c2c1CCCCC2. The minimum atomic E-state index is -0.0525. The standard InChI is InChI=1S/C24H25N5O/c1-28(16-22-25-19-13-8-9-14-20(19)26-22)24(30)23-18-12-6-3-7-15-21(18)29(27-23)17-10-4-2-5-11-17/h2,4-5,8-11,13-14H,3,6-7,12,15-16H2,1H3,(H,25,26). The van der Waals surface area contributed by atoms with Crippen LogP contribution >= 0.6 is 0 Å². The Morgan fingerprint density at radius 3 is 2.63 bits per heavy atom. The number of hydrogen-bond donors (Lipinski definition) is 1. The Hall–Kier alpha value is -3.41. The average molecular weight is 399 g/mol. The highest BCUT2D eigenvalue weighted by atomic mass is 16.2. The number of hydrogen-bond acceptors (Lipinski definition) is 3. The van der Waals surface area contributed by atoms with E-state index >= 15 is 0 Å². The van der Waals surface area contributed by atoms with Gasteiger partial charge in [0.05, 0.1) is 23.3 Å². The van der Waals surface area contributed by atoms with E-state index in [1.54, 1.807) is 4.90 Å². The van der Waals surface area contributed by atoms with Gasteiger partial charge in [-0.3, -0.25) is 4.79 Å². The first-order chi connectivity index (χ1) is 14.7. The lowest BCUT2D eigenvalue weighted by molar-refractivity contribution is 0.0774. The predicted molar refractivity (Wildman–Crippen MR) is 117 cm³/mol. The van der Waals surface area contributed by atoms with E-state index in [1.165, 1.54) is 12.1 Å². The number of para-hydroxylation sites is 3. The molecule has 2 heterocycles. The first kappa shape index (κ1) is 18.6. The van der Waals surface area contributed by atoms with Crippen LogP contribution in [0.25, 0.3) is 16.7 Å². The number of carbonyl (C=O) groups excluding carboxylic acids is 1. The van der Waals surface area contributed by atoms with E-state index in [1.807, 2.05) is 66.3 Å². The van der Waals surface area contributed by atoms with E-state index in [4.69, 9.17) is 5.10 Å². The van der Waals surface area contributed by atoms with E-state index in [9.17, 15) is 4.79 Å². The number of H-pyrrole nitrogens is 1. The van der Waals surface area contributed by atoms with Gasteiger partial charge in [-0.1, -0.05) is 36.8 Å². The quantitative estimate of drug-likeness (QED) is 0.521. The third-order valence-electron chi connectivity index (χ3n) is 5.81. The van der Waals surface area contributed by atoms with Gasteiger partial charge in [-0.2, -0.15) is 5.10 Å². The fourth-order valence-electron chi connectivity index (χ4n) is 4.29. The Labute approximate surface area is 175 Å². The molecule has 2 aromatic heterocycles. The highest BCUT2D eigenvalue weighted by Crippen LogP contribution is 2.27. The highest BCUT2D eigenvalue weighted by molar-refractivity contribution is 5.94. The van der Waals surface area contributed by atoms with Crippen molar-refractivity contribution in [1.82, 2.24) is 24.6 Å². The molecule has 5 rings (SSSR count). The number of benzene rings is 2. The van der Waals surface area contributed by atoms with Gasteiger partial charge in [0.15, 0.2) is 5.69 Å². The zero-order chi connectivity index (χ0) is 20.5. The molecule has 2 aromatic carbocycles. The maximum Gasteiger partial charge on any atom is 0.274 e. The molecule has 6 heteroatoms. The van der Waals surface area contributed by atoms with Crippen LogP contribution in [0, 0.1) is 0 Å². The first-order valence-electron chi connectivity index (χ1n) is 10.6. The van der Waals surface area contributed by atoms with Gasteiger partial charge in [0.1, 0.15) is 5.82 Å². The topological polar surface area (TPSA) is 66.8 Å². The summed E-state index contributed by atoms with van der Waals surface area (Å²) in [4.78, 5) is 23.0. The van der Waals surface area contributed by atoms with Crippen LogP contribution in [0.15, 0.2) is 54.6 Å². The maximum absolute atomic E-state index is 13.4. The van der Waals surface area contributed by atoms with Crippen LogP contribution in [0.5, 0.6) is 0 Å². The van der Waals surface area contributed by atoms with Crippen molar-refractivity contribution in [3.63, 3.8) is 0 Å². The second kappa shape index (κ2) is 7.78. The van der Waals surface area contributed by atoms with E-state index in [-0.39, 0.29) is 5.91 Å². The van der Waals surface area contributed by atoms with Crippen LogP contribution in [0.2, 0.25) is 0 Å². The summed E-state index contributed by atoms with van der Waals surface area (Å²) in [5.41, 5.74) is 5.77. The normalized spacial score (nSPS) is 13.8. The van der Waals surface area contributed by atoms with Crippen molar-refractivity contribution in [2.75, 3.05) is 7.05 Å². The van der Waals surface area contributed by atoms with Gasteiger partial charge < -0.3 is 9.88 Å². The lowest BCUT2D eigenvalue weighted by Crippen LogP contribution is -2.28. The molecule has 30 heavy (non-hydrogen) atoms. The molecule has 152 valence electrons. The lowest BCUT2D eigenvalue weighted by Gasteiger charge is -2.15. The summed E-state index contributed by atoms with van der Waals surface area (Å²) in [7, 11) is 1.82. The van der Waals surface area contributed by atoms with Gasteiger partial charge in [-0.25, -0.2) is 9.67 Å². The van der Waals surface area contributed by atoms with E-state index in [2.05, 4.69) is 9.97 Å². The molecule has 1 N–H and O–H groups in total. The molecular weight excluding hydrogens is 374 g/mol. The lowest BCUT2D eigenvalue weighted by atomic mass is 10.1. The summed E-state index contributed by atoms with van der Waals surface area (Å²) in [6.07, 6.45) is 5.28. The van der Waals surface area contributed by atoms with E-state index in [0.29, 0.717) is 12.2 Å². The van der Waals surface area contributed by atoms with Crippen LogP contribution in [0.1, 0.15) is 46.8 Å². The molecule has 0 spiro atoms. The fraction of sp³-hybridized carbons (Fsp3) is 0.292. The Kier molecular flexibility index (Phi) is 4.83. The zero-order valence-electron chi connectivity index (χ0n) is 17.1. The van der Waals surface area contributed by atoms with Crippen molar-refractivity contribution in [3.05, 3.63) is 77.4 Å². The third kappa shape index (κ3) is 3.38. The second-order valence-corrected chi connectivity index (χ2v) is 7.94. The number of aromatic amines is 1. The molecular formula is C24H25N5O. The van der Waals surface area contributed by atoms with Crippen LogP contribution in [0.3, 0.4) is 0 Å². The smallest absolute Gasteiger partial charge is 0.274 e. The van der Waals surface area contributed by atoms with Gasteiger partial charge in [0.25, 0.3) is 5.91 Å². The molecule has 0 saturated heterocycles. The number of carbonyl (C=O) groups is 1. The molecule has 4 aromatic rings. The number of aromatic nitrogens is 4. The molecule has 0 atom stereocenters. The van der Waals surface area contributed by atoms with E-state index < -0.39 is 0 Å². The molecule has 1 aliphatic carbocycles. The van der Waals surface area contributed by atoms with Crippen LogP contribution in [-0.4, -0.2) is 37.6 Å². The van der Waals surface area contributed by atoms with Gasteiger partial charge in [-0.05, 0) is 49.9 Å². The highest BCUT2D eigenvalue weighted by Gasteiger charge is 2.27. The van der Waals surface area contributed by atoms with Crippen molar-refractivity contribution in [3.8, 4) is 5.69 Å². The Balaban J connectivity index is 1.47. The monoisotopic (exact) mass is 399 g/mol. The minimum Gasteiger partial charge on any atom is -0.340 e. The maximum atomic E-state index is 13.4. The van der Waals surface area contributed by atoms with Gasteiger partial charge in [-0.15, -0.1) is 0 Å². The molecule has 6 nitrogen and oxygen atoms in total. The fourth-order valence-corrected chi connectivity index (χ4v) is 4.29. The van der Waals surface area contributed by atoms with Crippen molar-refractivity contribution in [2.24, 2.45) is 0 Å². The van der Waals surface area contributed by atoms with Gasteiger partial charge in [0.2, 0.25) is 0 Å². The van der Waals surface area contributed by atoms with Crippen LogP contribution < -0.4 is 0 Å². The zero-order valence-corrected chi connectivity index (χ0v) is 17.1. The number of nitrogens with zero attached hydrogens (tertiary/aromatic N) is 4. The number of imidazole rings is 1. The largest absolute Gasteiger partial charge is 0.340 e. The Morgan fingerprint density at radius 1 is 1.03 bits per heavy atom. The van der Waals surface area contributed by atoms with Crippen molar-refractivity contribution in [1.29, 1.82) is 0 Å². The van der Waals surface area contributed by atoms with Crippen LogP contribution in [0.4, 0.5) is 0 Å². The molecule has 0 bridgehead atoms.